The zero-order valence-electron chi connectivity index (χ0n) is 17.7. The molecule has 6 nitrogen and oxygen atoms in total. The van der Waals surface area contributed by atoms with Gasteiger partial charge in [0.05, 0.1) is 35.6 Å². The molecule has 0 radical (unpaired) electrons. The molecule has 1 aromatic carbocycles. The molecule has 4 rings (SSSR count). The first-order valence-corrected chi connectivity index (χ1v) is 11.7. The monoisotopic (exact) mass is 426 g/mol. The fourth-order valence-electron chi connectivity index (χ4n) is 4.43. The van der Waals surface area contributed by atoms with Gasteiger partial charge in [-0.1, -0.05) is 12.1 Å². The van der Waals surface area contributed by atoms with E-state index in [4.69, 9.17) is 9.72 Å². The molecule has 0 saturated carbocycles. The maximum Gasteiger partial charge on any atom is 0.222 e. The summed E-state index contributed by atoms with van der Waals surface area (Å²) in [4.78, 5) is 18.0. The van der Waals surface area contributed by atoms with Gasteiger partial charge in [-0.3, -0.25) is 4.79 Å². The largest absolute Gasteiger partial charge is 0.383 e. The number of carbonyl (C=O) groups is 1. The minimum absolute atomic E-state index is 0.0773. The van der Waals surface area contributed by atoms with Gasteiger partial charge in [-0.05, 0) is 55.5 Å². The number of imidazole rings is 1. The number of amides is 1. The summed E-state index contributed by atoms with van der Waals surface area (Å²) in [5, 5.41) is 3.22. The van der Waals surface area contributed by atoms with Gasteiger partial charge in [-0.25, -0.2) is 4.98 Å². The van der Waals surface area contributed by atoms with Crippen LogP contribution in [0.15, 0.2) is 48.8 Å². The van der Waals surface area contributed by atoms with E-state index in [-0.39, 0.29) is 17.5 Å². The predicted molar refractivity (Wildman–Crippen MR) is 122 cm³/mol. The number of hydrogen-bond donors (Lipinski definition) is 1. The maximum absolute atomic E-state index is 13.1. The molecule has 1 N–H and O–H groups in total. The molecule has 1 amide bonds. The minimum atomic E-state index is -0.179. The molecule has 1 atom stereocenters. The first-order chi connectivity index (χ1) is 14.6. The van der Waals surface area contributed by atoms with Crippen LogP contribution < -0.4 is 5.32 Å². The molecule has 2 aromatic heterocycles. The summed E-state index contributed by atoms with van der Waals surface area (Å²) in [7, 11) is 1.70. The number of methoxy groups -OCH3 is 1. The molecule has 1 aliphatic rings. The van der Waals surface area contributed by atoms with Gasteiger partial charge in [0.15, 0.2) is 0 Å². The van der Waals surface area contributed by atoms with Crippen molar-refractivity contribution in [1.82, 2.24) is 19.4 Å². The van der Waals surface area contributed by atoms with Gasteiger partial charge in [0, 0.05) is 26.0 Å². The molecule has 0 aliphatic carbocycles. The highest BCUT2D eigenvalue weighted by atomic mass is 32.2. The first kappa shape index (κ1) is 21.0. The van der Waals surface area contributed by atoms with Crippen molar-refractivity contribution in [2.45, 2.75) is 44.3 Å². The Morgan fingerprint density at radius 1 is 1.23 bits per heavy atom. The van der Waals surface area contributed by atoms with Crippen molar-refractivity contribution in [3.63, 3.8) is 0 Å². The van der Waals surface area contributed by atoms with Crippen molar-refractivity contribution in [2.24, 2.45) is 0 Å². The fraction of sp³-hybridized carbons (Fsp3) is 0.478. The molecule has 1 fully saturated rings. The summed E-state index contributed by atoms with van der Waals surface area (Å²) < 4.78 is 9.69. The highest BCUT2D eigenvalue weighted by molar-refractivity contribution is 7.99. The normalized spacial score (nSPS) is 17.1. The lowest BCUT2D eigenvalue weighted by atomic mass is 9.87. The second kappa shape index (κ2) is 9.27. The van der Waals surface area contributed by atoms with E-state index in [1.54, 1.807) is 7.11 Å². The molecule has 3 heterocycles. The molecule has 1 unspecified atom stereocenters. The molecule has 30 heavy (non-hydrogen) atoms. The standard InChI is InChI=1S/C23H30N4O2S/c1-18(22-25-19-7-3-4-8-20(19)27(22)13-14-29-2)24-21(28)17-23(9-15-30-16-10-23)26-11-5-6-12-26/h3-8,11-12,18H,9-10,13-17H2,1-2H3,(H,24,28). The van der Waals surface area contributed by atoms with Crippen LogP contribution in [0.5, 0.6) is 0 Å². The van der Waals surface area contributed by atoms with Crippen LogP contribution in [0, 0.1) is 0 Å². The van der Waals surface area contributed by atoms with Crippen LogP contribution in [-0.2, 0) is 21.6 Å². The van der Waals surface area contributed by atoms with Crippen LogP contribution in [0.2, 0.25) is 0 Å². The van der Waals surface area contributed by atoms with E-state index in [0.29, 0.717) is 19.6 Å². The van der Waals surface area contributed by atoms with E-state index in [1.165, 1.54) is 0 Å². The molecule has 3 aromatic rings. The van der Waals surface area contributed by atoms with E-state index >= 15 is 0 Å². The number of nitrogens with zero attached hydrogens (tertiary/aromatic N) is 3. The van der Waals surface area contributed by atoms with Crippen molar-refractivity contribution >= 4 is 28.7 Å². The lowest BCUT2D eigenvalue weighted by molar-refractivity contribution is -0.124. The number of thioether (sulfide) groups is 1. The first-order valence-electron chi connectivity index (χ1n) is 10.6. The average Bonchev–Trinajstić information content (AvgIpc) is 3.41. The lowest BCUT2D eigenvalue weighted by Gasteiger charge is -2.38. The number of benzene rings is 1. The molecular formula is C23H30N4O2S. The van der Waals surface area contributed by atoms with Gasteiger partial charge in [-0.15, -0.1) is 0 Å². The zero-order valence-corrected chi connectivity index (χ0v) is 18.5. The summed E-state index contributed by atoms with van der Waals surface area (Å²) in [6.45, 7) is 3.32. The van der Waals surface area contributed by atoms with Gasteiger partial charge in [0.2, 0.25) is 5.91 Å². The summed E-state index contributed by atoms with van der Waals surface area (Å²) in [6, 6.07) is 12.0. The second-order valence-electron chi connectivity index (χ2n) is 8.00. The van der Waals surface area contributed by atoms with E-state index in [2.05, 4.69) is 32.9 Å². The Kier molecular flexibility index (Phi) is 6.49. The Morgan fingerprint density at radius 2 is 1.97 bits per heavy atom. The molecular weight excluding hydrogens is 396 g/mol. The molecule has 0 bridgehead atoms. The van der Waals surface area contributed by atoms with E-state index in [1.807, 2.05) is 49.0 Å². The Labute approximate surface area is 182 Å². The fourth-order valence-corrected chi connectivity index (χ4v) is 5.68. The Balaban J connectivity index is 1.53. The molecule has 1 saturated heterocycles. The van der Waals surface area contributed by atoms with Crippen LogP contribution >= 0.6 is 11.8 Å². The number of hydrogen-bond acceptors (Lipinski definition) is 4. The SMILES string of the molecule is COCCn1c(C(C)NC(=O)CC2(n3cccc3)CCSCC2)nc2ccccc21. The molecule has 0 spiro atoms. The number of fused-ring (bicyclic) bond motifs is 1. The van der Waals surface area contributed by atoms with Crippen molar-refractivity contribution in [3.05, 3.63) is 54.6 Å². The van der Waals surface area contributed by atoms with Gasteiger partial charge in [-0.2, -0.15) is 11.8 Å². The van der Waals surface area contributed by atoms with Crippen LogP contribution in [0.3, 0.4) is 0 Å². The van der Waals surface area contributed by atoms with Gasteiger partial charge in [0.25, 0.3) is 0 Å². The summed E-state index contributed by atoms with van der Waals surface area (Å²) in [6.07, 6.45) is 6.71. The maximum atomic E-state index is 13.1. The third-order valence-electron chi connectivity index (χ3n) is 6.03. The molecule has 7 heteroatoms. The number of ether oxygens (including phenoxy) is 1. The van der Waals surface area contributed by atoms with Gasteiger partial charge < -0.3 is 19.2 Å². The Morgan fingerprint density at radius 3 is 2.70 bits per heavy atom. The smallest absolute Gasteiger partial charge is 0.222 e. The predicted octanol–water partition coefficient (Wildman–Crippen LogP) is 3.97. The number of aromatic nitrogens is 3. The average molecular weight is 427 g/mol. The topological polar surface area (TPSA) is 61.1 Å². The second-order valence-corrected chi connectivity index (χ2v) is 9.22. The molecule has 160 valence electrons. The van der Waals surface area contributed by atoms with Crippen molar-refractivity contribution in [1.29, 1.82) is 0 Å². The summed E-state index contributed by atoms with van der Waals surface area (Å²) in [5.74, 6) is 3.13. The van der Waals surface area contributed by atoms with Crippen molar-refractivity contribution < 1.29 is 9.53 Å². The highest BCUT2D eigenvalue weighted by Gasteiger charge is 2.36. The Hall–Kier alpha value is -2.25. The van der Waals surface area contributed by atoms with Crippen LogP contribution in [-0.4, -0.2) is 45.2 Å². The van der Waals surface area contributed by atoms with E-state index in [9.17, 15) is 4.79 Å². The molecule has 1 aliphatic heterocycles. The number of nitrogens with one attached hydrogen (secondary N) is 1. The quantitative estimate of drug-likeness (QED) is 0.592. The number of para-hydroxylation sites is 2. The number of carbonyl (C=O) groups excluding carboxylic acids is 1. The lowest BCUT2D eigenvalue weighted by Crippen LogP contribution is -2.42. The zero-order chi connectivity index (χ0) is 21.0. The summed E-state index contributed by atoms with van der Waals surface area (Å²) in [5.41, 5.74) is 1.88. The van der Waals surface area contributed by atoms with Crippen molar-refractivity contribution in [3.8, 4) is 0 Å². The number of rotatable bonds is 8. The summed E-state index contributed by atoms with van der Waals surface area (Å²) >= 11 is 1.97. The van der Waals surface area contributed by atoms with E-state index in [0.717, 1.165) is 41.2 Å². The van der Waals surface area contributed by atoms with Crippen LogP contribution in [0.25, 0.3) is 11.0 Å². The van der Waals surface area contributed by atoms with E-state index < -0.39 is 0 Å². The third-order valence-corrected chi connectivity index (χ3v) is 7.02. The highest BCUT2D eigenvalue weighted by Crippen LogP contribution is 2.37. The van der Waals surface area contributed by atoms with Gasteiger partial charge >= 0.3 is 0 Å². The Bertz CT molecular complexity index is 976. The van der Waals surface area contributed by atoms with Crippen LogP contribution in [0.4, 0.5) is 0 Å². The van der Waals surface area contributed by atoms with Crippen molar-refractivity contribution in [2.75, 3.05) is 25.2 Å². The third kappa shape index (κ3) is 4.27. The van der Waals surface area contributed by atoms with Crippen LogP contribution in [0.1, 0.15) is 38.1 Å². The van der Waals surface area contributed by atoms with Gasteiger partial charge in [0.1, 0.15) is 5.82 Å². The minimum Gasteiger partial charge on any atom is -0.383 e.